The molecule has 2 aromatic rings. The van der Waals surface area contributed by atoms with Gasteiger partial charge in [0, 0.05) is 26.4 Å². The molecule has 0 unspecified atom stereocenters. The summed E-state index contributed by atoms with van der Waals surface area (Å²) in [5.41, 5.74) is 3.59. The molecule has 1 aliphatic rings. The van der Waals surface area contributed by atoms with Crippen molar-refractivity contribution in [1.82, 2.24) is 19.2 Å². The highest BCUT2D eigenvalue weighted by Crippen LogP contribution is 2.27. The zero-order valence-corrected chi connectivity index (χ0v) is 17.1. The monoisotopic (exact) mass is 390 g/mol. The van der Waals surface area contributed by atoms with E-state index >= 15 is 0 Å². The molecule has 1 N–H and O–H groups in total. The predicted molar refractivity (Wildman–Crippen MR) is 103 cm³/mol. The number of nitrogens with one attached hydrogen (secondary N) is 1. The van der Waals surface area contributed by atoms with Gasteiger partial charge in [0.15, 0.2) is 0 Å². The number of imidazole rings is 1. The van der Waals surface area contributed by atoms with Gasteiger partial charge in [-0.3, -0.25) is 4.79 Å². The van der Waals surface area contributed by atoms with Gasteiger partial charge in [0.25, 0.3) is 0 Å². The van der Waals surface area contributed by atoms with Crippen LogP contribution < -0.4 is 5.32 Å². The standard InChI is InChI=1S/C19H26N4O3S/c1-5-19(24)20-11-18-21-15-8-9-23(12-16(15)22(18)4)27(25,26)17-7-6-13(2)10-14(17)3/h6-7,10H,5,8-9,11-12H2,1-4H3,(H,20,24). The van der Waals surface area contributed by atoms with Gasteiger partial charge in [-0.25, -0.2) is 13.4 Å². The maximum absolute atomic E-state index is 13.1. The van der Waals surface area contributed by atoms with E-state index in [0.29, 0.717) is 30.8 Å². The van der Waals surface area contributed by atoms with Crippen molar-refractivity contribution in [2.75, 3.05) is 6.54 Å². The summed E-state index contributed by atoms with van der Waals surface area (Å²) >= 11 is 0. The number of carbonyl (C=O) groups is 1. The van der Waals surface area contributed by atoms with Crippen LogP contribution in [0.2, 0.25) is 0 Å². The molecule has 1 aromatic carbocycles. The van der Waals surface area contributed by atoms with Gasteiger partial charge in [-0.2, -0.15) is 4.31 Å². The van der Waals surface area contributed by atoms with Crippen molar-refractivity contribution in [2.45, 2.75) is 51.6 Å². The first-order chi connectivity index (χ1) is 12.7. The van der Waals surface area contributed by atoms with Crippen molar-refractivity contribution in [2.24, 2.45) is 7.05 Å². The van der Waals surface area contributed by atoms with Crippen molar-refractivity contribution >= 4 is 15.9 Å². The first-order valence-corrected chi connectivity index (χ1v) is 10.6. The summed E-state index contributed by atoms with van der Waals surface area (Å²) in [5, 5.41) is 2.82. The molecular formula is C19H26N4O3S. The van der Waals surface area contributed by atoms with Gasteiger partial charge in [-0.05, 0) is 25.5 Å². The zero-order valence-electron chi connectivity index (χ0n) is 16.2. The van der Waals surface area contributed by atoms with Gasteiger partial charge in [0.1, 0.15) is 5.82 Å². The maximum Gasteiger partial charge on any atom is 0.243 e. The first-order valence-electron chi connectivity index (χ1n) is 9.11. The summed E-state index contributed by atoms with van der Waals surface area (Å²) in [6.07, 6.45) is 0.987. The molecule has 7 nitrogen and oxygen atoms in total. The number of sulfonamides is 1. The first kappa shape index (κ1) is 19.6. The smallest absolute Gasteiger partial charge is 0.243 e. The lowest BCUT2D eigenvalue weighted by Crippen LogP contribution is -2.37. The number of hydrogen-bond donors (Lipinski definition) is 1. The van der Waals surface area contributed by atoms with Gasteiger partial charge in [0.2, 0.25) is 15.9 Å². The summed E-state index contributed by atoms with van der Waals surface area (Å²) in [6, 6.07) is 5.40. The van der Waals surface area contributed by atoms with Gasteiger partial charge >= 0.3 is 0 Å². The third kappa shape index (κ3) is 3.77. The van der Waals surface area contributed by atoms with Crippen molar-refractivity contribution in [1.29, 1.82) is 0 Å². The number of fused-ring (bicyclic) bond motifs is 1. The molecule has 0 bridgehead atoms. The highest BCUT2D eigenvalue weighted by atomic mass is 32.2. The molecule has 2 heterocycles. The fraction of sp³-hybridized carbons (Fsp3) is 0.474. The maximum atomic E-state index is 13.1. The molecule has 27 heavy (non-hydrogen) atoms. The molecule has 3 rings (SSSR count). The lowest BCUT2D eigenvalue weighted by atomic mass is 10.2. The van der Waals surface area contributed by atoms with Crippen molar-refractivity contribution in [3.05, 3.63) is 46.5 Å². The number of aromatic nitrogens is 2. The van der Waals surface area contributed by atoms with Crippen LogP contribution in [-0.2, 0) is 41.4 Å². The van der Waals surface area contributed by atoms with Crippen LogP contribution in [0.15, 0.2) is 23.1 Å². The normalized spacial score (nSPS) is 14.8. The Morgan fingerprint density at radius 3 is 2.70 bits per heavy atom. The molecule has 1 aliphatic heterocycles. The lowest BCUT2D eigenvalue weighted by molar-refractivity contribution is -0.120. The molecule has 0 saturated heterocycles. The summed E-state index contributed by atoms with van der Waals surface area (Å²) in [4.78, 5) is 16.5. The highest BCUT2D eigenvalue weighted by molar-refractivity contribution is 7.89. The molecule has 0 saturated carbocycles. The van der Waals surface area contributed by atoms with Gasteiger partial charge in [-0.15, -0.1) is 0 Å². The van der Waals surface area contributed by atoms with Gasteiger partial charge in [0.05, 0.1) is 29.4 Å². The Kier molecular flexibility index (Phi) is 5.39. The molecular weight excluding hydrogens is 364 g/mol. The molecule has 0 radical (unpaired) electrons. The third-order valence-electron chi connectivity index (χ3n) is 5.03. The van der Waals surface area contributed by atoms with Crippen LogP contribution in [0.25, 0.3) is 0 Å². The Morgan fingerprint density at radius 1 is 1.30 bits per heavy atom. The number of amides is 1. The Balaban J connectivity index is 1.85. The van der Waals surface area contributed by atoms with Crippen LogP contribution in [0.1, 0.15) is 41.7 Å². The molecule has 1 aromatic heterocycles. The SMILES string of the molecule is CCC(=O)NCc1nc2c(n1C)CN(S(=O)(=O)c1ccc(C)cc1C)CC2. The lowest BCUT2D eigenvalue weighted by Gasteiger charge is -2.27. The summed E-state index contributed by atoms with van der Waals surface area (Å²) in [6.45, 7) is 6.62. The van der Waals surface area contributed by atoms with Crippen molar-refractivity contribution < 1.29 is 13.2 Å². The average molecular weight is 391 g/mol. The van der Waals surface area contributed by atoms with Crippen molar-refractivity contribution in [3.8, 4) is 0 Å². The van der Waals surface area contributed by atoms with Gasteiger partial charge in [-0.1, -0.05) is 24.6 Å². The predicted octanol–water partition coefficient (Wildman–Crippen LogP) is 1.81. The molecule has 8 heteroatoms. The highest BCUT2D eigenvalue weighted by Gasteiger charge is 2.32. The second-order valence-corrected chi connectivity index (χ2v) is 8.87. The van der Waals surface area contributed by atoms with Crippen molar-refractivity contribution in [3.63, 3.8) is 0 Å². The largest absolute Gasteiger partial charge is 0.349 e. The fourth-order valence-electron chi connectivity index (χ4n) is 3.41. The van der Waals surface area contributed by atoms with Crippen LogP contribution in [0.4, 0.5) is 0 Å². The minimum absolute atomic E-state index is 0.0324. The van der Waals surface area contributed by atoms with Crippen LogP contribution >= 0.6 is 0 Å². The molecule has 146 valence electrons. The Morgan fingerprint density at radius 2 is 2.04 bits per heavy atom. The number of carbonyl (C=O) groups excluding carboxylic acids is 1. The van der Waals surface area contributed by atoms with Crippen LogP contribution in [0.5, 0.6) is 0 Å². The third-order valence-corrected chi connectivity index (χ3v) is 7.03. The molecule has 1 amide bonds. The number of aryl methyl sites for hydroxylation is 2. The second kappa shape index (κ2) is 7.44. The van der Waals surface area contributed by atoms with Crippen LogP contribution in [0, 0.1) is 13.8 Å². The minimum Gasteiger partial charge on any atom is -0.349 e. The zero-order chi connectivity index (χ0) is 19.8. The van der Waals surface area contributed by atoms with E-state index in [9.17, 15) is 13.2 Å². The van der Waals surface area contributed by atoms with E-state index in [2.05, 4.69) is 10.3 Å². The average Bonchev–Trinajstić information content (AvgIpc) is 2.94. The second-order valence-electron chi connectivity index (χ2n) is 6.97. The number of rotatable bonds is 5. The number of hydrogen-bond acceptors (Lipinski definition) is 4. The quantitative estimate of drug-likeness (QED) is 0.844. The summed E-state index contributed by atoms with van der Waals surface area (Å²) < 4.78 is 29.7. The minimum atomic E-state index is -3.57. The van der Waals surface area contributed by atoms with E-state index in [1.807, 2.05) is 37.6 Å². The van der Waals surface area contributed by atoms with E-state index < -0.39 is 10.0 Å². The number of benzene rings is 1. The van der Waals surface area contributed by atoms with E-state index in [1.165, 1.54) is 4.31 Å². The Bertz CT molecular complexity index is 979. The van der Waals surface area contributed by atoms with E-state index in [0.717, 1.165) is 28.3 Å². The molecule has 0 aliphatic carbocycles. The van der Waals surface area contributed by atoms with E-state index in [-0.39, 0.29) is 12.5 Å². The summed E-state index contributed by atoms with van der Waals surface area (Å²) in [7, 11) is -1.70. The van der Waals surface area contributed by atoms with E-state index in [4.69, 9.17) is 0 Å². The molecule has 0 atom stereocenters. The molecule has 0 fully saturated rings. The summed E-state index contributed by atoms with van der Waals surface area (Å²) in [5.74, 6) is 0.711. The number of nitrogens with zero attached hydrogens (tertiary/aromatic N) is 3. The van der Waals surface area contributed by atoms with Crippen LogP contribution in [0.3, 0.4) is 0 Å². The Labute approximate surface area is 160 Å². The fourth-order valence-corrected chi connectivity index (χ4v) is 5.02. The molecule has 0 spiro atoms. The Hall–Kier alpha value is -2.19. The van der Waals surface area contributed by atoms with Gasteiger partial charge < -0.3 is 9.88 Å². The van der Waals surface area contributed by atoms with E-state index in [1.54, 1.807) is 13.0 Å². The van der Waals surface area contributed by atoms with Crippen LogP contribution in [-0.4, -0.2) is 34.7 Å². The topological polar surface area (TPSA) is 84.3 Å².